The summed E-state index contributed by atoms with van der Waals surface area (Å²) < 4.78 is 5.07. The smallest absolute Gasteiger partial charge is 0.481 e. The van der Waals surface area contributed by atoms with Crippen LogP contribution in [0.5, 0.6) is 0 Å². The number of aliphatic hydroxyl groups excluding tert-OH is 1. The fraction of sp³-hybridized carbons (Fsp3) is 0.733. The van der Waals surface area contributed by atoms with Gasteiger partial charge in [0, 0.05) is 12.3 Å². The van der Waals surface area contributed by atoms with Gasteiger partial charge in [0.05, 0.1) is 12.0 Å². The van der Waals surface area contributed by atoms with Gasteiger partial charge in [-0.3, -0.25) is 9.68 Å². The van der Waals surface area contributed by atoms with E-state index in [9.17, 15) is 19.8 Å². The lowest BCUT2D eigenvalue weighted by molar-refractivity contribution is -0.303. The zero-order chi connectivity index (χ0) is 16.5. The van der Waals surface area contributed by atoms with Crippen LogP contribution in [-0.4, -0.2) is 40.1 Å². The van der Waals surface area contributed by atoms with E-state index in [0.717, 1.165) is 0 Å². The first-order valence-corrected chi connectivity index (χ1v) is 7.35. The molecule has 2 N–H and O–H groups in total. The molecule has 2 rings (SSSR count). The number of rotatable bonds is 6. The minimum absolute atomic E-state index is 0.0654. The first-order valence-electron chi connectivity index (χ1n) is 7.35. The summed E-state index contributed by atoms with van der Waals surface area (Å²) in [6.07, 6.45) is 2.33. The number of hydrogen-bond donors (Lipinski definition) is 2. The van der Waals surface area contributed by atoms with Crippen LogP contribution >= 0.6 is 0 Å². The number of carbonyl (C=O) groups excluding carboxylic acids is 1. The maximum Gasteiger partial charge on any atom is 0.540 e. The van der Waals surface area contributed by atoms with Crippen molar-refractivity contribution in [2.24, 2.45) is 17.8 Å². The van der Waals surface area contributed by atoms with E-state index in [1.165, 1.54) is 0 Å². The zero-order valence-electron chi connectivity index (χ0n) is 12.9. The molecule has 1 fully saturated rings. The van der Waals surface area contributed by atoms with Gasteiger partial charge in [0.25, 0.3) is 0 Å². The van der Waals surface area contributed by atoms with E-state index in [0.29, 0.717) is 6.42 Å². The van der Waals surface area contributed by atoms with Crippen LogP contribution in [-0.2, 0) is 19.3 Å². The molecule has 0 aromatic rings. The van der Waals surface area contributed by atoms with Crippen LogP contribution in [0.3, 0.4) is 0 Å². The summed E-state index contributed by atoms with van der Waals surface area (Å²) >= 11 is 0. The van der Waals surface area contributed by atoms with E-state index in [-0.39, 0.29) is 18.3 Å². The molecule has 0 aromatic carbocycles. The van der Waals surface area contributed by atoms with E-state index in [1.54, 1.807) is 20.8 Å². The Morgan fingerprint density at radius 3 is 2.55 bits per heavy atom. The second kappa shape index (κ2) is 6.26. The molecule has 0 aromatic heterocycles. The van der Waals surface area contributed by atoms with Crippen LogP contribution in [0.25, 0.3) is 0 Å². The quantitative estimate of drug-likeness (QED) is 0.334. The van der Waals surface area contributed by atoms with E-state index >= 15 is 0 Å². The molecule has 124 valence electrons. The zero-order valence-corrected chi connectivity index (χ0v) is 12.9. The van der Waals surface area contributed by atoms with Gasteiger partial charge in [0.2, 0.25) is 0 Å². The SMILES string of the molecule is CC(O)CC(C)(C)OC(=O)OOC1C2C=CC(C2)C1C(=O)O. The number of carboxylic acids is 1. The Labute approximate surface area is 128 Å². The molecular weight excluding hydrogens is 292 g/mol. The Morgan fingerprint density at radius 1 is 1.32 bits per heavy atom. The normalized spacial score (nSPS) is 31.1. The summed E-state index contributed by atoms with van der Waals surface area (Å²) in [7, 11) is 0. The van der Waals surface area contributed by atoms with Gasteiger partial charge in [-0.25, -0.2) is 4.79 Å². The number of carboxylic acid groups (broad SMARTS) is 1. The van der Waals surface area contributed by atoms with Gasteiger partial charge in [-0.05, 0) is 33.1 Å². The largest absolute Gasteiger partial charge is 0.540 e. The highest BCUT2D eigenvalue weighted by molar-refractivity contribution is 5.72. The summed E-state index contributed by atoms with van der Waals surface area (Å²) in [5, 5.41) is 18.6. The number of ether oxygens (including phenoxy) is 1. The predicted octanol–water partition coefficient (Wildman–Crippen LogP) is 1.90. The first kappa shape index (κ1) is 16.8. The van der Waals surface area contributed by atoms with Crippen molar-refractivity contribution in [2.45, 2.75) is 51.4 Å². The molecule has 2 bridgehead atoms. The van der Waals surface area contributed by atoms with Crippen LogP contribution in [0.2, 0.25) is 0 Å². The Kier molecular flexibility index (Phi) is 4.77. The van der Waals surface area contributed by atoms with Gasteiger partial charge >= 0.3 is 12.1 Å². The second-order valence-corrected chi connectivity index (χ2v) is 6.62. The van der Waals surface area contributed by atoms with Crippen molar-refractivity contribution in [1.29, 1.82) is 0 Å². The van der Waals surface area contributed by atoms with Crippen molar-refractivity contribution in [3.05, 3.63) is 12.2 Å². The number of aliphatic carboxylic acids is 1. The molecule has 22 heavy (non-hydrogen) atoms. The van der Waals surface area contributed by atoms with Gasteiger partial charge < -0.3 is 14.9 Å². The summed E-state index contributed by atoms with van der Waals surface area (Å²) in [5.74, 6) is -1.83. The van der Waals surface area contributed by atoms with Crippen LogP contribution in [0.1, 0.15) is 33.6 Å². The summed E-state index contributed by atoms with van der Waals surface area (Å²) in [4.78, 5) is 32.6. The fourth-order valence-electron chi connectivity index (χ4n) is 3.32. The molecule has 7 nitrogen and oxygen atoms in total. The molecule has 0 amide bonds. The second-order valence-electron chi connectivity index (χ2n) is 6.62. The lowest BCUT2D eigenvalue weighted by atomic mass is 9.91. The van der Waals surface area contributed by atoms with E-state index in [4.69, 9.17) is 9.62 Å². The molecule has 1 saturated carbocycles. The predicted molar refractivity (Wildman–Crippen MR) is 74.7 cm³/mol. The molecule has 2 aliphatic rings. The molecule has 5 unspecified atom stereocenters. The number of allylic oxidation sites excluding steroid dienone is 1. The van der Waals surface area contributed by atoms with Crippen LogP contribution in [0, 0.1) is 17.8 Å². The standard InChI is InChI=1S/C15H22O7/c1-8(16)7-15(2,3)20-14(19)22-21-12-10-5-4-9(6-10)11(12)13(17)18/h4-5,8-12,16H,6-7H2,1-3H3,(H,17,18). The number of hydrogen-bond acceptors (Lipinski definition) is 6. The lowest BCUT2D eigenvalue weighted by Crippen LogP contribution is -2.36. The molecule has 0 radical (unpaired) electrons. The monoisotopic (exact) mass is 314 g/mol. The maximum absolute atomic E-state index is 11.7. The average Bonchev–Trinajstić information content (AvgIpc) is 2.93. The van der Waals surface area contributed by atoms with Gasteiger partial charge in [-0.1, -0.05) is 12.2 Å². The summed E-state index contributed by atoms with van der Waals surface area (Å²) in [6.45, 7) is 4.87. The van der Waals surface area contributed by atoms with Gasteiger partial charge in [0.1, 0.15) is 11.7 Å². The van der Waals surface area contributed by atoms with Crippen molar-refractivity contribution in [3.8, 4) is 0 Å². The Bertz CT molecular complexity index is 469. The Morgan fingerprint density at radius 2 is 1.95 bits per heavy atom. The molecule has 2 aliphatic carbocycles. The number of aliphatic hydroxyl groups is 1. The van der Waals surface area contributed by atoms with Crippen molar-refractivity contribution in [3.63, 3.8) is 0 Å². The third-order valence-electron chi connectivity index (χ3n) is 4.05. The molecule has 0 spiro atoms. The number of fused-ring (bicyclic) bond motifs is 2. The first-order chi connectivity index (χ1) is 10.2. The summed E-state index contributed by atoms with van der Waals surface area (Å²) in [5.41, 5.74) is -0.907. The van der Waals surface area contributed by atoms with Gasteiger partial charge in [-0.15, -0.1) is 0 Å². The molecular formula is C15H22O7. The highest BCUT2D eigenvalue weighted by Gasteiger charge is 2.50. The number of carbonyl (C=O) groups is 2. The summed E-state index contributed by atoms with van der Waals surface area (Å²) in [6, 6.07) is 0. The third-order valence-corrected chi connectivity index (χ3v) is 4.05. The van der Waals surface area contributed by atoms with Crippen molar-refractivity contribution < 1.29 is 34.3 Å². The minimum atomic E-state index is -1.04. The molecule has 0 aliphatic heterocycles. The molecule has 7 heteroatoms. The van der Waals surface area contributed by atoms with E-state index < -0.39 is 35.9 Å². The minimum Gasteiger partial charge on any atom is -0.481 e. The van der Waals surface area contributed by atoms with E-state index in [1.807, 2.05) is 12.2 Å². The topological polar surface area (TPSA) is 102 Å². The van der Waals surface area contributed by atoms with Gasteiger partial charge in [0.15, 0.2) is 0 Å². The Balaban J connectivity index is 1.86. The molecule has 0 saturated heterocycles. The fourth-order valence-corrected chi connectivity index (χ4v) is 3.32. The maximum atomic E-state index is 11.7. The van der Waals surface area contributed by atoms with Crippen molar-refractivity contribution >= 4 is 12.1 Å². The molecule has 5 atom stereocenters. The van der Waals surface area contributed by atoms with E-state index in [2.05, 4.69) is 4.89 Å². The Hall–Kier alpha value is -1.60. The van der Waals surface area contributed by atoms with Crippen LogP contribution < -0.4 is 0 Å². The van der Waals surface area contributed by atoms with Crippen LogP contribution in [0.4, 0.5) is 4.79 Å². The highest BCUT2D eigenvalue weighted by Crippen LogP contribution is 2.45. The average molecular weight is 314 g/mol. The molecule has 0 heterocycles. The van der Waals surface area contributed by atoms with Crippen molar-refractivity contribution in [1.82, 2.24) is 0 Å². The van der Waals surface area contributed by atoms with Crippen molar-refractivity contribution in [2.75, 3.05) is 0 Å². The lowest BCUT2D eigenvalue weighted by Gasteiger charge is -2.27. The third kappa shape index (κ3) is 3.78. The highest BCUT2D eigenvalue weighted by atomic mass is 17.2. The van der Waals surface area contributed by atoms with Gasteiger partial charge in [-0.2, -0.15) is 4.89 Å². The van der Waals surface area contributed by atoms with Crippen LogP contribution in [0.15, 0.2) is 12.2 Å².